The Bertz CT molecular complexity index is 836. The van der Waals surface area contributed by atoms with Crippen LogP contribution < -0.4 is 0 Å². The van der Waals surface area contributed by atoms with Gasteiger partial charge in [-0.25, -0.2) is 0 Å². The maximum absolute atomic E-state index is 12.8. The first-order chi connectivity index (χ1) is 11.6. The highest BCUT2D eigenvalue weighted by molar-refractivity contribution is 7.98. The van der Waals surface area contributed by atoms with Gasteiger partial charge in [-0.15, -0.1) is 11.8 Å². The molecule has 0 saturated heterocycles. The second-order valence-electron chi connectivity index (χ2n) is 5.96. The van der Waals surface area contributed by atoms with Crippen LogP contribution in [0.1, 0.15) is 32.6 Å². The number of carbonyl (C=O) groups excluding carboxylic acids is 1. The second kappa shape index (κ2) is 7.50. The summed E-state index contributed by atoms with van der Waals surface area (Å²) in [5.74, 6) is 0.883. The fraction of sp³-hybridized carbons (Fsp3) is 0.136. The first-order valence-electron chi connectivity index (χ1n) is 8.02. The largest absolute Gasteiger partial charge is 0.289 e. The Balaban J connectivity index is 1.85. The monoisotopic (exact) mass is 332 g/mol. The van der Waals surface area contributed by atoms with E-state index in [0.717, 1.165) is 22.4 Å². The minimum atomic E-state index is 0.0927. The molecule has 0 N–H and O–H groups in total. The lowest BCUT2D eigenvalue weighted by atomic mass is 9.97. The van der Waals surface area contributed by atoms with Crippen LogP contribution in [0.3, 0.4) is 0 Å². The van der Waals surface area contributed by atoms with Gasteiger partial charge in [0.25, 0.3) is 0 Å². The molecule has 0 aliphatic carbocycles. The Morgan fingerprint density at radius 2 is 1.50 bits per heavy atom. The van der Waals surface area contributed by atoms with Crippen molar-refractivity contribution in [1.29, 1.82) is 0 Å². The van der Waals surface area contributed by atoms with E-state index in [2.05, 4.69) is 44.2 Å². The quantitative estimate of drug-likeness (QED) is 0.432. The van der Waals surface area contributed by atoms with Crippen molar-refractivity contribution in [2.75, 3.05) is 0 Å². The standard InChI is InChI=1S/C22H20OS/c1-16-8-11-20(12-9-16)24-15-19-14-17(2)10-13-21(19)22(23)18-6-4-3-5-7-18/h3-14H,15H2,1-2H3. The Morgan fingerprint density at radius 1 is 0.833 bits per heavy atom. The van der Waals surface area contributed by atoms with E-state index in [-0.39, 0.29) is 5.78 Å². The molecule has 3 aromatic carbocycles. The minimum Gasteiger partial charge on any atom is -0.289 e. The SMILES string of the molecule is Cc1ccc(SCc2cc(C)ccc2C(=O)c2ccccc2)cc1. The molecule has 0 fully saturated rings. The van der Waals surface area contributed by atoms with Gasteiger partial charge in [0.05, 0.1) is 0 Å². The third-order valence-electron chi connectivity index (χ3n) is 3.96. The third kappa shape index (κ3) is 3.95. The number of aryl methyl sites for hydroxylation is 2. The van der Waals surface area contributed by atoms with Crippen LogP contribution in [0.4, 0.5) is 0 Å². The summed E-state index contributed by atoms with van der Waals surface area (Å²) in [6, 6.07) is 24.1. The van der Waals surface area contributed by atoms with Crippen molar-refractivity contribution < 1.29 is 4.79 Å². The van der Waals surface area contributed by atoms with Crippen molar-refractivity contribution in [1.82, 2.24) is 0 Å². The van der Waals surface area contributed by atoms with Crippen molar-refractivity contribution in [3.05, 3.63) is 101 Å². The van der Waals surface area contributed by atoms with E-state index in [1.807, 2.05) is 42.5 Å². The van der Waals surface area contributed by atoms with Crippen LogP contribution in [0.5, 0.6) is 0 Å². The fourth-order valence-electron chi connectivity index (χ4n) is 2.60. The molecule has 0 aliphatic rings. The van der Waals surface area contributed by atoms with Gasteiger partial charge in [0.1, 0.15) is 0 Å². The fourth-order valence-corrected chi connectivity index (χ4v) is 3.49. The van der Waals surface area contributed by atoms with Crippen molar-refractivity contribution in [3.8, 4) is 0 Å². The number of benzene rings is 3. The predicted molar refractivity (Wildman–Crippen MR) is 102 cm³/mol. The van der Waals surface area contributed by atoms with E-state index >= 15 is 0 Å². The van der Waals surface area contributed by atoms with E-state index in [0.29, 0.717) is 0 Å². The van der Waals surface area contributed by atoms with Gasteiger partial charge in [0.2, 0.25) is 0 Å². The number of ketones is 1. The number of thioether (sulfide) groups is 1. The summed E-state index contributed by atoms with van der Waals surface area (Å²) < 4.78 is 0. The number of hydrogen-bond acceptors (Lipinski definition) is 2. The van der Waals surface area contributed by atoms with Gasteiger partial charge in [-0.3, -0.25) is 4.79 Å². The molecule has 24 heavy (non-hydrogen) atoms. The number of rotatable bonds is 5. The lowest BCUT2D eigenvalue weighted by molar-refractivity contribution is 0.103. The van der Waals surface area contributed by atoms with Crippen LogP contribution in [-0.4, -0.2) is 5.78 Å². The highest BCUT2D eigenvalue weighted by atomic mass is 32.2. The van der Waals surface area contributed by atoms with Crippen LogP contribution >= 0.6 is 11.8 Å². The Kier molecular flexibility index (Phi) is 5.17. The molecule has 0 aromatic heterocycles. The average molecular weight is 332 g/mol. The summed E-state index contributed by atoms with van der Waals surface area (Å²) in [6.45, 7) is 4.16. The van der Waals surface area contributed by atoms with E-state index in [1.54, 1.807) is 11.8 Å². The van der Waals surface area contributed by atoms with Gasteiger partial charge >= 0.3 is 0 Å². The second-order valence-corrected chi connectivity index (χ2v) is 7.01. The molecule has 0 radical (unpaired) electrons. The number of hydrogen-bond donors (Lipinski definition) is 0. The molecule has 0 unspecified atom stereocenters. The highest BCUT2D eigenvalue weighted by Crippen LogP contribution is 2.26. The molecular weight excluding hydrogens is 312 g/mol. The molecular formula is C22H20OS. The molecule has 0 bridgehead atoms. The van der Waals surface area contributed by atoms with Crippen LogP contribution in [-0.2, 0) is 5.75 Å². The third-order valence-corrected chi connectivity index (χ3v) is 5.02. The van der Waals surface area contributed by atoms with Gasteiger partial charge < -0.3 is 0 Å². The molecule has 0 spiro atoms. The molecule has 0 amide bonds. The average Bonchev–Trinajstić information content (AvgIpc) is 2.61. The van der Waals surface area contributed by atoms with Crippen molar-refractivity contribution in [2.24, 2.45) is 0 Å². The molecule has 2 heteroatoms. The molecule has 3 rings (SSSR count). The highest BCUT2D eigenvalue weighted by Gasteiger charge is 2.13. The van der Waals surface area contributed by atoms with Gasteiger partial charge in [-0.05, 0) is 31.5 Å². The number of carbonyl (C=O) groups is 1. The molecule has 1 nitrogen and oxygen atoms in total. The van der Waals surface area contributed by atoms with Gasteiger partial charge in [-0.2, -0.15) is 0 Å². The first kappa shape index (κ1) is 16.5. The summed E-state index contributed by atoms with van der Waals surface area (Å²) >= 11 is 1.77. The van der Waals surface area contributed by atoms with Crippen molar-refractivity contribution in [3.63, 3.8) is 0 Å². The molecule has 3 aromatic rings. The lowest BCUT2D eigenvalue weighted by Gasteiger charge is -2.10. The van der Waals surface area contributed by atoms with Crippen LogP contribution in [0.2, 0.25) is 0 Å². The molecule has 0 aliphatic heterocycles. The van der Waals surface area contributed by atoms with Crippen LogP contribution in [0.15, 0.2) is 77.7 Å². The molecule has 0 atom stereocenters. The van der Waals surface area contributed by atoms with Gasteiger partial charge in [-0.1, -0.05) is 71.8 Å². The van der Waals surface area contributed by atoms with Crippen molar-refractivity contribution in [2.45, 2.75) is 24.5 Å². The minimum absolute atomic E-state index is 0.0927. The van der Waals surface area contributed by atoms with E-state index in [1.165, 1.54) is 16.0 Å². The van der Waals surface area contributed by atoms with E-state index < -0.39 is 0 Å². The Morgan fingerprint density at radius 3 is 2.21 bits per heavy atom. The maximum Gasteiger partial charge on any atom is 0.193 e. The Hall–Kier alpha value is -2.32. The molecule has 120 valence electrons. The summed E-state index contributed by atoms with van der Waals surface area (Å²) in [6.07, 6.45) is 0. The summed E-state index contributed by atoms with van der Waals surface area (Å²) in [5.41, 5.74) is 5.07. The normalized spacial score (nSPS) is 10.6. The zero-order valence-corrected chi connectivity index (χ0v) is 14.8. The van der Waals surface area contributed by atoms with Gasteiger partial charge in [0.15, 0.2) is 5.78 Å². The molecule has 0 saturated carbocycles. The topological polar surface area (TPSA) is 17.1 Å². The predicted octanol–water partition coefficient (Wildman–Crippen LogP) is 5.83. The maximum atomic E-state index is 12.8. The Labute approximate surface area is 147 Å². The lowest BCUT2D eigenvalue weighted by Crippen LogP contribution is -2.05. The van der Waals surface area contributed by atoms with Gasteiger partial charge in [0, 0.05) is 21.8 Å². The van der Waals surface area contributed by atoms with E-state index in [4.69, 9.17) is 0 Å². The van der Waals surface area contributed by atoms with E-state index in [9.17, 15) is 4.79 Å². The zero-order chi connectivity index (χ0) is 16.9. The smallest absolute Gasteiger partial charge is 0.193 e. The first-order valence-corrected chi connectivity index (χ1v) is 9.01. The van der Waals surface area contributed by atoms with Crippen LogP contribution in [0.25, 0.3) is 0 Å². The summed E-state index contributed by atoms with van der Waals surface area (Å²) in [7, 11) is 0. The molecule has 0 heterocycles. The van der Waals surface area contributed by atoms with Crippen molar-refractivity contribution >= 4 is 17.5 Å². The summed E-state index contributed by atoms with van der Waals surface area (Å²) in [5, 5.41) is 0. The summed E-state index contributed by atoms with van der Waals surface area (Å²) in [4.78, 5) is 14.0. The zero-order valence-electron chi connectivity index (χ0n) is 14.0. The van der Waals surface area contributed by atoms with Crippen LogP contribution in [0, 0.1) is 13.8 Å².